The summed E-state index contributed by atoms with van der Waals surface area (Å²) in [5.74, 6) is -1.28. The molecule has 0 saturated carbocycles. The molecule has 0 amide bonds. The monoisotopic (exact) mass is 418 g/mol. The van der Waals surface area contributed by atoms with Crippen molar-refractivity contribution in [1.29, 1.82) is 0 Å². The fourth-order valence-corrected chi connectivity index (χ4v) is 3.58. The van der Waals surface area contributed by atoms with E-state index in [1.54, 1.807) is 18.2 Å². The van der Waals surface area contributed by atoms with E-state index in [1.165, 1.54) is 6.07 Å². The molecule has 0 aliphatic rings. The average Bonchev–Trinajstić information content (AvgIpc) is 2.79. The van der Waals surface area contributed by atoms with Gasteiger partial charge in [0.15, 0.2) is 11.6 Å². The van der Waals surface area contributed by atoms with Crippen LogP contribution in [0.15, 0.2) is 85.5 Å². The van der Waals surface area contributed by atoms with Crippen molar-refractivity contribution >= 4 is 10.8 Å². The van der Waals surface area contributed by atoms with Crippen LogP contribution in [0.5, 0.6) is 5.75 Å². The molecule has 4 rings (SSSR count). The quantitative estimate of drug-likeness (QED) is 0.287. The van der Waals surface area contributed by atoms with Crippen LogP contribution in [0.1, 0.15) is 11.1 Å². The summed E-state index contributed by atoms with van der Waals surface area (Å²) >= 11 is 0. The lowest BCUT2D eigenvalue weighted by Crippen LogP contribution is -1.97. The van der Waals surface area contributed by atoms with Gasteiger partial charge in [-0.15, -0.1) is 0 Å². The molecule has 0 N–H and O–H groups in total. The second-order valence-corrected chi connectivity index (χ2v) is 7.35. The number of ether oxygens (including phenoxy) is 1. The van der Waals surface area contributed by atoms with Crippen LogP contribution >= 0.6 is 0 Å². The fraction of sp³-hybridized carbons (Fsp3) is 0.111. The molecule has 1 nitrogen and oxygen atoms in total. The average molecular weight is 418 g/mol. The Morgan fingerprint density at radius 3 is 2.26 bits per heavy atom. The zero-order valence-electron chi connectivity index (χ0n) is 16.9. The summed E-state index contributed by atoms with van der Waals surface area (Å²) in [4.78, 5) is 0. The van der Waals surface area contributed by atoms with Crippen molar-refractivity contribution in [3.63, 3.8) is 0 Å². The first kappa shape index (κ1) is 20.7. The Bertz CT molecular complexity index is 1230. The van der Waals surface area contributed by atoms with E-state index in [1.807, 2.05) is 42.5 Å². The van der Waals surface area contributed by atoms with Gasteiger partial charge in [-0.1, -0.05) is 55.1 Å². The normalized spacial score (nSPS) is 10.9. The number of hydrogen-bond donors (Lipinski definition) is 0. The Balaban J connectivity index is 1.54. The Kier molecular flexibility index (Phi) is 6.08. The Morgan fingerprint density at radius 1 is 0.742 bits per heavy atom. The van der Waals surface area contributed by atoms with Gasteiger partial charge in [-0.05, 0) is 70.8 Å². The molecular weight excluding hydrogens is 397 g/mol. The maximum atomic E-state index is 15.1. The SMILES string of the molecule is C=CCOc1ccc(-c2ccc3c(F)c(CCc4ccc(F)c(F)c4)ccc3c2)cc1. The highest BCUT2D eigenvalue weighted by Gasteiger charge is 2.10. The van der Waals surface area contributed by atoms with Crippen molar-refractivity contribution in [3.05, 3.63) is 114 Å². The number of aryl methyl sites for hydroxylation is 2. The number of rotatable bonds is 7. The minimum atomic E-state index is -0.885. The second kappa shape index (κ2) is 9.09. The van der Waals surface area contributed by atoms with E-state index in [9.17, 15) is 8.78 Å². The number of fused-ring (bicyclic) bond motifs is 1. The minimum Gasteiger partial charge on any atom is -0.490 e. The van der Waals surface area contributed by atoms with Crippen LogP contribution < -0.4 is 4.74 Å². The van der Waals surface area contributed by atoms with Crippen molar-refractivity contribution in [3.8, 4) is 16.9 Å². The standard InChI is InChI=1S/C27H21F3O/c1-2-15-31-23-11-8-19(9-12-23)21-10-13-24-22(17-21)7-6-20(27(24)30)5-3-18-4-14-25(28)26(29)16-18/h2,4,6-14,16-17H,1,3,5,15H2. The highest BCUT2D eigenvalue weighted by atomic mass is 19.2. The van der Waals surface area contributed by atoms with Gasteiger partial charge in [0.25, 0.3) is 0 Å². The minimum absolute atomic E-state index is 0.278. The van der Waals surface area contributed by atoms with Gasteiger partial charge in [0, 0.05) is 5.39 Å². The molecule has 0 aromatic heterocycles. The van der Waals surface area contributed by atoms with E-state index in [0.717, 1.165) is 34.4 Å². The molecule has 0 heterocycles. The van der Waals surface area contributed by atoms with Gasteiger partial charge in [-0.3, -0.25) is 0 Å². The molecule has 4 aromatic rings. The molecule has 0 bridgehead atoms. The van der Waals surface area contributed by atoms with Gasteiger partial charge in [-0.25, -0.2) is 13.2 Å². The lowest BCUT2D eigenvalue weighted by atomic mass is 9.97. The lowest BCUT2D eigenvalue weighted by molar-refractivity contribution is 0.363. The highest BCUT2D eigenvalue weighted by Crippen LogP contribution is 2.29. The van der Waals surface area contributed by atoms with Crippen LogP contribution in [0.2, 0.25) is 0 Å². The summed E-state index contributed by atoms with van der Waals surface area (Å²) in [7, 11) is 0. The summed E-state index contributed by atoms with van der Waals surface area (Å²) in [6.07, 6.45) is 2.52. The smallest absolute Gasteiger partial charge is 0.159 e. The molecule has 4 heteroatoms. The Hall–Kier alpha value is -3.53. The molecule has 156 valence electrons. The van der Waals surface area contributed by atoms with Gasteiger partial charge in [0.2, 0.25) is 0 Å². The largest absolute Gasteiger partial charge is 0.490 e. The van der Waals surface area contributed by atoms with E-state index in [4.69, 9.17) is 4.74 Å². The summed E-state index contributed by atoms with van der Waals surface area (Å²) in [6, 6.07) is 20.8. The van der Waals surface area contributed by atoms with E-state index in [2.05, 4.69) is 6.58 Å². The van der Waals surface area contributed by atoms with E-state index in [0.29, 0.717) is 36.0 Å². The molecule has 0 radical (unpaired) electrons. The van der Waals surface area contributed by atoms with Gasteiger partial charge in [0.05, 0.1) is 0 Å². The first-order chi connectivity index (χ1) is 15.0. The molecule has 0 fully saturated rings. The summed E-state index contributed by atoms with van der Waals surface area (Å²) in [5, 5.41) is 1.34. The predicted octanol–water partition coefficient (Wildman–Crippen LogP) is 7.27. The molecule has 31 heavy (non-hydrogen) atoms. The third kappa shape index (κ3) is 4.64. The molecule has 4 aromatic carbocycles. The number of hydrogen-bond acceptors (Lipinski definition) is 1. The van der Waals surface area contributed by atoms with E-state index in [-0.39, 0.29) is 5.82 Å². The molecule has 0 atom stereocenters. The predicted molar refractivity (Wildman–Crippen MR) is 119 cm³/mol. The molecule has 0 aliphatic heterocycles. The van der Waals surface area contributed by atoms with Crippen molar-refractivity contribution in [2.45, 2.75) is 12.8 Å². The van der Waals surface area contributed by atoms with Crippen LogP contribution in [-0.2, 0) is 12.8 Å². The fourth-order valence-electron chi connectivity index (χ4n) is 3.58. The first-order valence-corrected chi connectivity index (χ1v) is 10.0. The van der Waals surface area contributed by atoms with Crippen LogP contribution in [-0.4, -0.2) is 6.61 Å². The van der Waals surface area contributed by atoms with Gasteiger partial charge < -0.3 is 4.74 Å². The molecule has 0 saturated heterocycles. The van der Waals surface area contributed by atoms with Crippen molar-refractivity contribution < 1.29 is 17.9 Å². The van der Waals surface area contributed by atoms with Crippen molar-refractivity contribution in [1.82, 2.24) is 0 Å². The Labute approximate surface area is 179 Å². The number of benzene rings is 4. The van der Waals surface area contributed by atoms with Gasteiger partial charge >= 0.3 is 0 Å². The zero-order valence-corrected chi connectivity index (χ0v) is 16.9. The molecule has 0 unspecified atom stereocenters. The summed E-state index contributed by atoms with van der Waals surface area (Å²) in [5.41, 5.74) is 3.18. The van der Waals surface area contributed by atoms with Crippen molar-refractivity contribution in [2.24, 2.45) is 0 Å². The van der Waals surface area contributed by atoms with Crippen LogP contribution in [0.3, 0.4) is 0 Å². The van der Waals surface area contributed by atoms with Crippen LogP contribution in [0, 0.1) is 17.5 Å². The maximum absolute atomic E-state index is 15.1. The van der Waals surface area contributed by atoms with E-state index >= 15 is 4.39 Å². The highest BCUT2D eigenvalue weighted by molar-refractivity contribution is 5.88. The van der Waals surface area contributed by atoms with Crippen molar-refractivity contribution in [2.75, 3.05) is 6.61 Å². The zero-order chi connectivity index (χ0) is 21.8. The van der Waals surface area contributed by atoms with E-state index < -0.39 is 11.6 Å². The first-order valence-electron chi connectivity index (χ1n) is 10.0. The maximum Gasteiger partial charge on any atom is 0.159 e. The third-order valence-electron chi connectivity index (χ3n) is 5.26. The van der Waals surface area contributed by atoms with Gasteiger partial charge in [-0.2, -0.15) is 0 Å². The van der Waals surface area contributed by atoms with Crippen LogP contribution in [0.25, 0.3) is 21.9 Å². The summed E-state index contributed by atoms with van der Waals surface area (Å²) < 4.78 is 47.0. The third-order valence-corrected chi connectivity index (χ3v) is 5.26. The topological polar surface area (TPSA) is 9.23 Å². The summed E-state index contributed by atoms with van der Waals surface area (Å²) in [6.45, 7) is 4.08. The number of halogens is 3. The Morgan fingerprint density at radius 2 is 1.52 bits per heavy atom. The molecule has 0 spiro atoms. The molecular formula is C27H21F3O. The molecule has 0 aliphatic carbocycles. The van der Waals surface area contributed by atoms with Gasteiger partial charge in [0.1, 0.15) is 18.2 Å². The lowest BCUT2D eigenvalue weighted by Gasteiger charge is -2.10. The van der Waals surface area contributed by atoms with Crippen LogP contribution in [0.4, 0.5) is 13.2 Å². The second-order valence-electron chi connectivity index (χ2n) is 7.35.